The number of aromatic nitrogens is 3. The number of hydrogen-bond donors (Lipinski definition) is 0. The Hall–Kier alpha value is -2.06. The van der Waals surface area contributed by atoms with Gasteiger partial charge in [0, 0.05) is 37.2 Å². The summed E-state index contributed by atoms with van der Waals surface area (Å²) in [6, 6.07) is 1.88. The van der Waals surface area contributed by atoms with Crippen LogP contribution in [0.1, 0.15) is 57.6 Å². The summed E-state index contributed by atoms with van der Waals surface area (Å²) in [6.45, 7) is 8.13. The third kappa shape index (κ3) is 5.46. The number of hydrogen-bond acceptors (Lipinski definition) is 7. The minimum absolute atomic E-state index is 0.0136. The Morgan fingerprint density at radius 3 is 2.70 bits per heavy atom. The van der Waals surface area contributed by atoms with Gasteiger partial charge in [0.15, 0.2) is 0 Å². The summed E-state index contributed by atoms with van der Waals surface area (Å²) in [5, 5.41) is 0. The lowest BCUT2D eigenvalue weighted by molar-refractivity contribution is 0.369. The quantitative estimate of drug-likeness (QED) is 0.634. The second-order valence-corrected chi connectivity index (χ2v) is 7.47. The van der Waals surface area contributed by atoms with E-state index in [2.05, 4.69) is 21.3 Å². The van der Waals surface area contributed by atoms with E-state index in [4.69, 9.17) is 4.18 Å². The van der Waals surface area contributed by atoms with Crippen LogP contribution in [0.4, 0.5) is 5.95 Å². The summed E-state index contributed by atoms with van der Waals surface area (Å²) < 4.78 is 22.2. The first-order valence-electron chi connectivity index (χ1n) is 9.21. The molecular weight excluding hydrogens is 364 g/mol. The summed E-state index contributed by atoms with van der Waals surface area (Å²) in [5.74, 6) is 0.205. The maximum absolute atomic E-state index is 12.4. The van der Waals surface area contributed by atoms with Gasteiger partial charge in [-0.25, -0.2) is 9.97 Å². The molecule has 27 heavy (non-hydrogen) atoms. The van der Waals surface area contributed by atoms with E-state index >= 15 is 0 Å². The van der Waals surface area contributed by atoms with Crippen molar-refractivity contribution in [2.75, 3.05) is 6.61 Å². The molecule has 0 saturated heterocycles. The van der Waals surface area contributed by atoms with E-state index in [9.17, 15) is 9.00 Å². The average Bonchev–Trinajstić information content (AvgIpc) is 2.62. The van der Waals surface area contributed by atoms with Gasteiger partial charge in [0.2, 0.25) is 5.95 Å². The second-order valence-electron chi connectivity index (χ2n) is 6.62. The highest BCUT2D eigenvalue weighted by Crippen LogP contribution is 2.26. The Bertz CT molecular complexity index is 931. The monoisotopic (exact) mass is 391 g/mol. The van der Waals surface area contributed by atoms with E-state index in [0.29, 0.717) is 5.69 Å². The molecule has 2 rings (SSSR count). The van der Waals surface area contributed by atoms with Crippen LogP contribution in [-0.2, 0) is 32.7 Å². The van der Waals surface area contributed by atoms with E-state index < -0.39 is 10.9 Å². The lowest BCUT2D eigenvalue weighted by Gasteiger charge is -2.14. The Kier molecular flexibility index (Phi) is 7.67. The molecule has 0 aliphatic heterocycles. The summed E-state index contributed by atoms with van der Waals surface area (Å²) in [4.78, 5) is 21.1. The van der Waals surface area contributed by atoms with Gasteiger partial charge < -0.3 is 17.3 Å². The fraction of sp³-hybridized carbons (Fsp3) is 0.526. The SMILES string of the molecule is CCCCc1cnc(N=[S-](=O)OCC)nc1-c1cc(C(C)C)c(=O)n(C)c1. The van der Waals surface area contributed by atoms with Gasteiger partial charge in [-0.3, -0.25) is 4.79 Å². The van der Waals surface area contributed by atoms with Gasteiger partial charge in [0.1, 0.15) is 0 Å². The minimum Gasteiger partial charge on any atom is -0.439 e. The third-order valence-electron chi connectivity index (χ3n) is 4.13. The predicted molar refractivity (Wildman–Crippen MR) is 107 cm³/mol. The van der Waals surface area contributed by atoms with Crippen molar-refractivity contribution in [2.45, 2.75) is 52.9 Å². The molecule has 148 valence electrons. The van der Waals surface area contributed by atoms with Crippen LogP contribution in [0.25, 0.3) is 11.3 Å². The molecule has 2 heterocycles. The maximum atomic E-state index is 12.4. The van der Waals surface area contributed by atoms with Gasteiger partial charge in [0.25, 0.3) is 5.56 Å². The topological polar surface area (TPSA) is 86.4 Å². The van der Waals surface area contributed by atoms with Crippen molar-refractivity contribution in [3.05, 3.63) is 39.9 Å². The van der Waals surface area contributed by atoms with Crippen molar-refractivity contribution in [3.63, 3.8) is 0 Å². The molecule has 0 saturated carbocycles. The largest absolute Gasteiger partial charge is 0.439 e. The molecule has 0 amide bonds. The fourth-order valence-corrected chi connectivity index (χ4v) is 3.19. The number of pyridine rings is 1. The first kappa shape index (κ1) is 21.2. The van der Waals surface area contributed by atoms with Gasteiger partial charge in [0.05, 0.1) is 5.69 Å². The molecule has 0 bridgehead atoms. The Morgan fingerprint density at radius 2 is 2.07 bits per heavy atom. The molecule has 0 N–H and O–H groups in total. The average molecular weight is 392 g/mol. The third-order valence-corrected chi connectivity index (χ3v) is 4.88. The van der Waals surface area contributed by atoms with Crippen LogP contribution in [0.3, 0.4) is 0 Å². The Labute approximate surface area is 162 Å². The summed E-state index contributed by atoms with van der Waals surface area (Å²) in [7, 11) is -0.0865. The van der Waals surface area contributed by atoms with E-state index in [-0.39, 0.29) is 24.0 Å². The molecule has 0 aliphatic carbocycles. The van der Waals surface area contributed by atoms with Crippen molar-refractivity contribution >= 4 is 16.8 Å². The highest BCUT2D eigenvalue weighted by molar-refractivity contribution is 7.69. The van der Waals surface area contributed by atoms with Gasteiger partial charge in [-0.2, -0.15) is 0 Å². The second kappa shape index (κ2) is 9.75. The molecule has 0 atom stereocenters. The lowest BCUT2D eigenvalue weighted by Crippen LogP contribution is -2.21. The zero-order chi connectivity index (χ0) is 20.0. The van der Waals surface area contributed by atoms with Crippen LogP contribution in [0.2, 0.25) is 0 Å². The van der Waals surface area contributed by atoms with Crippen LogP contribution in [-0.4, -0.2) is 21.1 Å². The molecular formula is C19H27N4O3S-. The lowest BCUT2D eigenvalue weighted by atomic mass is 9.99. The van der Waals surface area contributed by atoms with Crippen molar-refractivity contribution in [1.29, 1.82) is 0 Å². The highest BCUT2D eigenvalue weighted by Gasteiger charge is 2.14. The minimum atomic E-state index is -1.82. The van der Waals surface area contributed by atoms with Gasteiger partial charge in [-0.15, -0.1) is 0 Å². The predicted octanol–water partition coefficient (Wildman–Crippen LogP) is 4.04. The normalized spacial score (nSPS) is 12.7. The number of nitrogens with zero attached hydrogens (tertiary/aromatic N) is 4. The summed E-state index contributed by atoms with van der Waals surface area (Å²) >= 11 is 0. The molecule has 2 aromatic heterocycles. The van der Waals surface area contributed by atoms with E-state index in [0.717, 1.165) is 36.0 Å². The van der Waals surface area contributed by atoms with Gasteiger partial charge in [-0.1, -0.05) is 38.1 Å². The fourth-order valence-electron chi connectivity index (χ4n) is 2.72. The van der Waals surface area contributed by atoms with Crippen molar-refractivity contribution in [2.24, 2.45) is 11.4 Å². The van der Waals surface area contributed by atoms with Crippen LogP contribution < -0.4 is 5.56 Å². The first-order chi connectivity index (χ1) is 12.9. The zero-order valence-corrected chi connectivity index (χ0v) is 17.4. The van der Waals surface area contributed by atoms with Crippen LogP contribution >= 0.6 is 0 Å². The van der Waals surface area contributed by atoms with Gasteiger partial charge in [-0.05, 0) is 37.3 Å². The molecule has 2 aromatic rings. The first-order valence-corrected chi connectivity index (χ1v) is 10.2. The number of aryl methyl sites for hydroxylation is 2. The highest BCUT2D eigenvalue weighted by atomic mass is 32.2. The van der Waals surface area contributed by atoms with E-state index in [1.807, 2.05) is 19.9 Å². The smallest absolute Gasteiger partial charge is 0.253 e. The standard InChI is InChI=1S/C19H27N4O3S/c1-6-8-9-14-11-20-19(22-27(25)26-7-2)21-17(14)15-10-16(13(3)4)18(24)23(5)12-15/h10-13H,6-9H2,1-5H3/q-1. The van der Waals surface area contributed by atoms with Crippen LogP contribution in [0.5, 0.6) is 0 Å². The number of unbranched alkanes of at least 4 members (excludes halogenated alkanes) is 1. The van der Waals surface area contributed by atoms with Crippen LogP contribution in [0, 0.1) is 0 Å². The number of rotatable bonds is 8. The maximum Gasteiger partial charge on any atom is 0.253 e. The molecule has 0 fully saturated rings. The van der Waals surface area contributed by atoms with E-state index in [1.54, 1.807) is 30.9 Å². The van der Waals surface area contributed by atoms with Crippen molar-refractivity contribution < 1.29 is 8.39 Å². The Morgan fingerprint density at radius 1 is 1.33 bits per heavy atom. The molecule has 8 heteroatoms. The Balaban J connectivity index is 2.63. The van der Waals surface area contributed by atoms with E-state index in [1.165, 1.54) is 0 Å². The molecule has 7 nitrogen and oxygen atoms in total. The molecule has 0 aromatic carbocycles. The molecule has 0 aliphatic rings. The molecule has 0 unspecified atom stereocenters. The van der Waals surface area contributed by atoms with Crippen LogP contribution in [0.15, 0.2) is 27.6 Å². The van der Waals surface area contributed by atoms with Crippen molar-refractivity contribution in [1.82, 2.24) is 14.5 Å². The van der Waals surface area contributed by atoms with Crippen molar-refractivity contribution in [3.8, 4) is 11.3 Å². The summed E-state index contributed by atoms with van der Waals surface area (Å²) in [6.07, 6.45) is 6.36. The van der Waals surface area contributed by atoms with Gasteiger partial charge >= 0.3 is 0 Å². The molecule has 0 spiro atoms. The summed E-state index contributed by atoms with van der Waals surface area (Å²) in [5.41, 5.74) is 3.23. The zero-order valence-electron chi connectivity index (χ0n) is 16.6. The molecule has 0 radical (unpaired) electrons.